The highest BCUT2D eigenvalue weighted by Gasteiger charge is 2.20. The van der Waals surface area contributed by atoms with Gasteiger partial charge in [-0.15, -0.1) is 0 Å². The molecule has 4 heteroatoms. The molecule has 114 valence electrons. The van der Waals surface area contributed by atoms with Crippen LogP contribution in [0.2, 0.25) is 0 Å². The summed E-state index contributed by atoms with van der Waals surface area (Å²) >= 11 is 0. The minimum absolute atomic E-state index is 0.139. The molecule has 2 aromatic rings. The molecule has 0 N–H and O–H groups in total. The Morgan fingerprint density at radius 1 is 0.955 bits per heavy atom. The van der Waals surface area contributed by atoms with Crippen LogP contribution in [0.4, 0.5) is 0 Å². The molecule has 0 unspecified atom stereocenters. The van der Waals surface area contributed by atoms with E-state index in [1.807, 2.05) is 53.6 Å². The molecule has 0 radical (unpaired) electrons. The van der Waals surface area contributed by atoms with Gasteiger partial charge in [-0.2, -0.15) is 0 Å². The molecule has 1 aliphatic heterocycles. The van der Waals surface area contributed by atoms with Crippen LogP contribution in [-0.2, 0) is 6.54 Å². The van der Waals surface area contributed by atoms with Crippen LogP contribution in [0.3, 0.4) is 0 Å². The van der Waals surface area contributed by atoms with Gasteiger partial charge in [-0.05, 0) is 30.7 Å². The number of hydrogen-bond acceptors (Lipinski definition) is 3. The molecule has 0 spiro atoms. The molecule has 1 aromatic carbocycles. The fourth-order valence-electron chi connectivity index (χ4n) is 2.82. The Balaban J connectivity index is 1.59. The van der Waals surface area contributed by atoms with Crippen molar-refractivity contribution in [3.63, 3.8) is 0 Å². The predicted octanol–water partition coefficient (Wildman–Crippen LogP) is 2.43. The lowest BCUT2D eigenvalue weighted by Gasteiger charge is -2.22. The van der Waals surface area contributed by atoms with E-state index in [2.05, 4.69) is 16.0 Å². The molecule has 0 saturated carbocycles. The first-order valence-corrected chi connectivity index (χ1v) is 7.79. The van der Waals surface area contributed by atoms with Gasteiger partial charge >= 0.3 is 0 Å². The Bertz CT molecular complexity index is 600. The zero-order valence-electron chi connectivity index (χ0n) is 12.7. The molecule has 0 aliphatic carbocycles. The number of amides is 1. The Hall–Kier alpha value is -2.20. The maximum Gasteiger partial charge on any atom is 0.253 e. The van der Waals surface area contributed by atoms with Crippen LogP contribution in [0.15, 0.2) is 54.7 Å². The Morgan fingerprint density at radius 2 is 1.77 bits per heavy atom. The van der Waals surface area contributed by atoms with Gasteiger partial charge in [0.05, 0.1) is 5.69 Å². The number of aromatic nitrogens is 1. The maximum absolute atomic E-state index is 12.5. The summed E-state index contributed by atoms with van der Waals surface area (Å²) in [7, 11) is 0. The standard InChI is InChI=1S/C18H21N3O/c22-18(16-7-2-1-3-8-16)21-12-6-11-20(13-14-21)15-17-9-4-5-10-19-17/h1-5,7-10H,6,11-15H2. The van der Waals surface area contributed by atoms with E-state index in [4.69, 9.17) is 0 Å². The first-order valence-electron chi connectivity index (χ1n) is 7.79. The fraction of sp³-hybridized carbons (Fsp3) is 0.333. The number of pyridine rings is 1. The van der Waals surface area contributed by atoms with E-state index < -0.39 is 0 Å². The molecule has 1 aromatic heterocycles. The van der Waals surface area contributed by atoms with Gasteiger partial charge in [0.25, 0.3) is 5.91 Å². The molecule has 4 nitrogen and oxygen atoms in total. The average Bonchev–Trinajstić information content (AvgIpc) is 2.82. The quantitative estimate of drug-likeness (QED) is 0.872. The summed E-state index contributed by atoms with van der Waals surface area (Å²) < 4.78 is 0. The first-order chi connectivity index (χ1) is 10.8. The number of hydrogen-bond donors (Lipinski definition) is 0. The average molecular weight is 295 g/mol. The second-order valence-corrected chi connectivity index (χ2v) is 5.61. The second kappa shape index (κ2) is 7.18. The second-order valence-electron chi connectivity index (χ2n) is 5.61. The highest BCUT2D eigenvalue weighted by atomic mass is 16.2. The van der Waals surface area contributed by atoms with Gasteiger partial charge in [-0.3, -0.25) is 14.7 Å². The number of rotatable bonds is 3. The first kappa shape index (κ1) is 14.7. The van der Waals surface area contributed by atoms with E-state index in [1.165, 1.54) is 0 Å². The normalized spacial score (nSPS) is 16.3. The molecular formula is C18H21N3O. The van der Waals surface area contributed by atoms with Crippen molar-refractivity contribution in [1.29, 1.82) is 0 Å². The van der Waals surface area contributed by atoms with Crippen LogP contribution in [0.1, 0.15) is 22.5 Å². The zero-order valence-corrected chi connectivity index (χ0v) is 12.7. The van der Waals surface area contributed by atoms with Gasteiger partial charge in [-0.25, -0.2) is 0 Å². The highest BCUT2D eigenvalue weighted by Crippen LogP contribution is 2.11. The SMILES string of the molecule is O=C(c1ccccc1)N1CCCN(Cc2ccccn2)CC1. The number of benzene rings is 1. The zero-order chi connectivity index (χ0) is 15.2. The molecule has 1 aliphatic rings. The van der Waals surface area contributed by atoms with Crippen molar-refractivity contribution in [2.75, 3.05) is 26.2 Å². The largest absolute Gasteiger partial charge is 0.337 e. The third-order valence-electron chi connectivity index (χ3n) is 4.01. The molecule has 1 fully saturated rings. The molecule has 3 rings (SSSR count). The Kier molecular flexibility index (Phi) is 4.81. The predicted molar refractivity (Wildman–Crippen MR) is 86.5 cm³/mol. The third-order valence-corrected chi connectivity index (χ3v) is 4.01. The molecule has 22 heavy (non-hydrogen) atoms. The summed E-state index contributed by atoms with van der Waals surface area (Å²) in [6.45, 7) is 4.37. The van der Waals surface area contributed by atoms with Crippen molar-refractivity contribution in [3.8, 4) is 0 Å². The van der Waals surface area contributed by atoms with E-state index in [0.717, 1.165) is 50.4 Å². The van der Waals surface area contributed by atoms with Crippen molar-refractivity contribution < 1.29 is 4.79 Å². The third kappa shape index (κ3) is 3.71. The summed E-state index contributed by atoms with van der Waals surface area (Å²) in [5.74, 6) is 0.139. The molecule has 1 amide bonds. The smallest absolute Gasteiger partial charge is 0.253 e. The number of nitrogens with zero attached hydrogens (tertiary/aromatic N) is 3. The fourth-order valence-corrected chi connectivity index (χ4v) is 2.82. The Labute approximate surface area is 131 Å². The van der Waals surface area contributed by atoms with Crippen LogP contribution < -0.4 is 0 Å². The van der Waals surface area contributed by atoms with Crippen molar-refractivity contribution in [3.05, 3.63) is 66.0 Å². The molecule has 0 bridgehead atoms. The minimum Gasteiger partial charge on any atom is -0.337 e. The monoisotopic (exact) mass is 295 g/mol. The minimum atomic E-state index is 0.139. The van der Waals surface area contributed by atoms with Crippen molar-refractivity contribution >= 4 is 5.91 Å². The lowest BCUT2D eigenvalue weighted by atomic mass is 10.2. The van der Waals surface area contributed by atoms with E-state index >= 15 is 0 Å². The van der Waals surface area contributed by atoms with E-state index in [0.29, 0.717) is 0 Å². The van der Waals surface area contributed by atoms with Gasteiger partial charge in [0.1, 0.15) is 0 Å². The lowest BCUT2D eigenvalue weighted by molar-refractivity contribution is 0.0761. The molecule has 1 saturated heterocycles. The molecular weight excluding hydrogens is 274 g/mol. The molecule has 2 heterocycles. The van der Waals surface area contributed by atoms with E-state index in [9.17, 15) is 4.79 Å². The summed E-state index contributed by atoms with van der Waals surface area (Å²) in [6, 6.07) is 15.6. The van der Waals surface area contributed by atoms with Crippen LogP contribution in [-0.4, -0.2) is 46.9 Å². The van der Waals surface area contributed by atoms with Crippen LogP contribution >= 0.6 is 0 Å². The Morgan fingerprint density at radius 3 is 2.55 bits per heavy atom. The summed E-state index contributed by atoms with van der Waals surface area (Å²) in [6.07, 6.45) is 2.84. The van der Waals surface area contributed by atoms with Gasteiger partial charge in [0.2, 0.25) is 0 Å². The van der Waals surface area contributed by atoms with Crippen LogP contribution in [0.5, 0.6) is 0 Å². The summed E-state index contributed by atoms with van der Waals surface area (Å²) in [5.41, 5.74) is 1.87. The summed E-state index contributed by atoms with van der Waals surface area (Å²) in [5, 5.41) is 0. The number of carbonyl (C=O) groups is 1. The van der Waals surface area contributed by atoms with Crippen LogP contribution in [0, 0.1) is 0 Å². The maximum atomic E-state index is 12.5. The van der Waals surface area contributed by atoms with Gasteiger partial charge in [-0.1, -0.05) is 24.3 Å². The van der Waals surface area contributed by atoms with E-state index in [-0.39, 0.29) is 5.91 Å². The van der Waals surface area contributed by atoms with Gasteiger partial charge in [0.15, 0.2) is 0 Å². The lowest BCUT2D eigenvalue weighted by Crippen LogP contribution is -2.35. The van der Waals surface area contributed by atoms with Crippen molar-refractivity contribution in [1.82, 2.24) is 14.8 Å². The summed E-state index contributed by atoms with van der Waals surface area (Å²) in [4.78, 5) is 21.2. The van der Waals surface area contributed by atoms with Crippen molar-refractivity contribution in [2.45, 2.75) is 13.0 Å². The van der Waals surface area contributed by atoms with Crippen LogP contribution in [0.25, 0.3) is 0 Å². The van der Waals surface area contributed by atoms with Gasteiger partial charge < -0.3 is 4.90 Å². The van der Waals surface area contributed by atoms with Crippen molar-refractivity contribution in [2.24, 2.45) is 0 Å². The number of carbonyl (C=O) groups excluding carboxylic acids is 1. The van der Waals surface area contributed by atoms with E-state index in [1.54, 1.807) is 0 Å². The van der Waals surface area contributed by atoms with Gasteiger partial charge in [0, 0.05) is 44.5 Å². The molecule has 0 atom stereocenters. The highest BCUT2D eigenvalue weighted by molar-refractivity contribution is 5.94. The topological polar surface area (TPSA) is 36.4 Å².